The van der Waals surface area contributed by atoms with E-state index >= 15 is 0 Å². The van der Waals surface area contributed by atoms with Crippen LogP contribution in [0.15, 0.2) is 95.9 Å². The third-order valence-electron chi connectivity index (χ3n) is 7.66. The Morgan fingerprint density at radius 2 is 1.43 bits per heavy atom. The molecule has 47 heavy (non-hydrogen) atoms. The summed E-state index contributed by atoms with van der Waals surface area (Å²) in [6, 6.07) is 25.1. The monoisotopic (exact) mass is 652 g/mol. The van der Waals surface area contributed by atoms with Gasteiger partial charge >= 0.3 is 0 Å². The number of anilines is 2. The minimum absolute atomic E-state index is 0.00171. The summed E-state index contributed by atoms with van der Waals surface area (Å²) in [5, 5.41) is 26.2. The second-order valence-electron chi connectivity index (χ2n) is 11.2. The van der Waals surface area contributed by atoms with Gasteiger partial charge in [0.05, 0.1) is 40.4 Å². The molecule has 2 heterocycles. The van der Waals surface area contributed by atoms with Crippen molar-refractivity contribution < 1.29 is 33.0 Å². The van der Waals surface area contributed by atoms with E-state index in [1.807, 2.05) is 24.3 Å². The first kappa shape index (κ1) is 31.7. The maximum absolute atomic E-state index is 14.7. The highest BCUT2D eigenvalue weighted by atomic mass is 32.2. The molecule has 11 nitrogen and oxygen atoms in total. The van der Waals surface area contributed by atoms with Crippen LogP contribution < -0.4 is 10.6 Å². The Morgan fingerprint density at radius 3 is 1.94 bits per heavy atom. The number of hydrogen-bond acceptors (Lipinski definition) is 8. The molecule has 1 fully saturated rings. The van der Waals surface area contributed by atoms with Crippen LogP contribution in [0.5, 0.6) is 5.75 Å². The van der Waals surface area contributed by atoms with Crippen LogP contribution in [0.2, 0.25) is 0 Å². The molecular weight excluding hydrogens is 620 g/mol. The number of aliphatic hydroxyl groups excluding tert-OH is 1. The highest BCUT2D eigenvalue weighted by Crippen LogP contribution is 2.43. The van der Waals surface area contributed by atoms with Crippen LogP contribution in [-0.4, -0.2) is 46.0 Å². The number of nitrogens with zero attached hydrogens (tertiary/aromatic N) is 2. The average Bonchev–Trinajstić information content (AvgIpc) is 3.82. The van der Waals surface area contributed by atoms with Crippen molar-refractivity contribution in [3.05, 3.63) is 102 Å². The van der Waals surface area contributed by atoms with Gasteiger partial charge in [0, 0.05) is 30.5 Å². The quantitative estimate of drug-likeness (QED) is 0.114. The molecule has 5 aromatic rings. The van der Waals surface area contributed by atoms with Crippen LogP contribution in [0.4, 0.5) is 11.4 Å². The van der Waals surface area contributed by atoms with E-state index in [0.717, 1.165) is 9.54 Å². The smallest absolute Gasteiger partial charge is 0.270 e. The zero-order chi connectivity index (χ0) is 33.5. The van der Waals surface area contributed by atoms with E-state index in [2.05, 4.69) is 10.6 Å². The van der Waals surface area contributed by atoms with Crippen LogP contribution in [0.1, 0.15) is 44.1 Å². The summed E-state index contributed by atoms with van der Waals surface area (Å²) in [6.07, 6.45) is -0.731. The molecule has 240 valence electrons. The lowest BCUT2D eigenvalue weighted by molar-refractivity contribution is -0.115. The molecule has 1 aliphatic heterocycles. The summed E-state index contributed by atoms with van der Waals surface area (Å²) < 4.78 is 35.9. The molecule has 6 rings (SSSR count). The second-order valence-corrected chi connectivity index (χ2v) is 13.0. The number of epoxide rings is 1. The molecule has 2 atom stereocenters. The molecule has 0 saturated carbocycles. The second kappa shape index (κ2) is 12.5. The lowest BCUT2D eigenvalue weighted by atomic mass is 10.0. The Balaban J connectivity index is 1.70. The van der Waals surface area contributed by atoms with E-state index in [-0.39, 0.29) is 39.5 Å². The molecular formula is C35H32N4O7S. The fourth-order valence-corrected chi connectivity index (χ4v) is 6.84. The van der Waals surface area contributed by atoms with Crippen molar-refractivity contribution in [1.29, 1.82) is 0 Å². The number of aromatic hydroxyl groups is 1. The first-order chi connectivity index (χ1) is 22.4. The van der Waals surface area contributed by atoms with Crippen molar-refractivity contribution in [2.24, 2.45) is 0 Å². The molecule has 4 N–H and O–H groups in total. The number of carbonyl (C=O) groups is 2. The predicted octanol–water partition coefficient (Wildman–Crippen LogP) is 5.87. The van der Waals surface area contributed by atoms with Crippen LogP contribution in [0, 0.1) is 0 Å². The number of nitrogens with one attached hydrogen (secondary N) is 2. The van der Waals surface area contributed by atoms with Crippen molar-refractivity contribution in [1.82, 2.24) is 8.96 Å². The molecule has 2 amide bonds. The van der Waals surface area contributed by atoms with Gasteiger partial charge < -0.3 is 25.6 Å². The first-order valence-corrected chi connectivity index (χ1v) is 16.2. The van der Waals surface area contributed by atoms with Crippen molar-refractivity contribution in [2.45, 2.75) is 37.9 Å². The van der Waals surface area contributed by atoms with E-state index in [9.17, 15) is 28.2 Å². The third kappa shape index (κ3) is 6.39. The number of imidazole rings is 1. The zero-order valence-corrected chi connectivity index (χ0v) is 26.6. The summed E-state index contributed by atoms with van der Waals surface area (Å²) in [5.41, 5.74) is 3.40. The zero-order valence-electron chi connectivity index (χ0n) is 25.8. The largest absolute Gasteiger partial charge is 0.504 e. The van der Waals surface area contributed by atoms with Gasteiger partial charge in [-0.05, 0) is 42.3 Å². The van der Waals surface area contributed by atoms with Gasteiger partial charge in [-0.25, -0.2) is 17.4 Å². The molecule has 1 aromatic heterocycles. The van der Waals surface area contributed by atoms with Crippen LogP contribution in [-0.2, 0) is 24.3 Å². The van der Waals surface area contributed by atoms with Gasteiger partial charge in [0.2, 0.25) is 11.8 Å². The number of phenols is 1. The Kier molecular flexibility index (Phi) is 8.41. The first-order valence-electron chi connectivity index (χ1n) is 14.8. The van der Waals surface area contributed by atoms with E-state index < -0.39 is 33.7 Å². The van der Waals surface area contributed by atoms with Gasteiger partial charge in [-0.15, -0.1) is 0 Å². The maximum atomic E-state index is 14.7. The van der Waals surface area contributed by atoms with Gasteiger partial charge in [0.25, 0.3) is 10.0 Å². The highest BCUT2D eigenvalue weighted by Gasteiger charge is 2.32. The molecule has 12 heteroatoms. The van der Waals surface area contributed by atoms with E-state index in [4.69, 9.17) is 9.72 Å². The summed E-state index contributed by atoms with van der Waals surface area (Å²) in [6.45, 7) is 4.77. The summed E-state index contributed by atoms with van der Waals surface area (Å²) in [5.74, 6) is -1.43. The molecule has 2 unspecified atom stereocenters. The number of ether oxygens (including phenoxy) is 1. The van der Waals surface area contributed by atoms with E-state index in [0.29, 0.717) is 29.0 Å². The Labute approximate surface area is 271 Å². The molecule has 1 saturated heterocycles. The van der Waals surface area contributed by atoms with Crippen LogP contribution in [0.25, 0.3) is 33.9 Å². The number of rotatable bonds is 9. The molecule has 0 aliphatic carbocycles. The maximum Gasteiger partial charge on any atom is 0.270 e. The van der Waals surface area contributed by atoms with Gasteiger partial charge in [-0.2, -0.15) is 0 Å². The van der Waals surface area contributed by atoms with Crippen molar-refractivity contribution in [3.8, 4) is 39.7 Å². The average molecular weight is 653 g/mol. The van der Waals surface area contributed by atoms with E-state index in [1.165, 1.54) is 38.1 Å². The number of aliphatic hydroxyl groups is 1. The van der Waals surface area contributed by atoms with Crippen molar-refractivity contribution in [2.75, 3.05) is 17.2 Å². The molecule has 0 radical (unpaired) electrons. The van der Waals surface area contributed by atoms with Gasteiger partial charge in [0.1, 0.15) is 6.10 Å². The van der Waals surface area contributed by atoms with Crippen molar-refractivity contribution in [3.63, 3.8) is 0 Å². The van der Waals surface area contributed by atoms with Gasteiger partial charge in [-0.3, -0.25) is 9.59 Å². The third-order valence-corrected chi connectivity index (χ3v) is 9.37. The van der Waals surface area contributed by atoms with E-state index in [1.54, 1.807) is 49.4 Å². The number of amides is 2. The predicted molar refractivity (Wildman–Crippen MR) is 177 cm³/mol. The Morgan fingerprint density at radius 1 is 0.872 bits per heavy atom. The summed E-state index contributed by atoms with van der Waals surface area (Å²) >= 11 is 0. The van der Waals surface area contributed by atoms with Crippen LogP contribution >= 0.6 is 0 Å². The van der Waals surface area contributed by atoms with Crippen LogP contribution in [0.3, 0.4) is 0 Å². The fourth-order valence-electron chi connectivity index (χ4n) is 5.32. The standard InChI is InChI=1S/C35H32N4O7S/c1-20(40)23-9-13-25(14-10-23)32-33(26-15-11-24(12-16-26)31-19-46-31)39(47(44,45)28-7-5-4-6-8-28)35(38-32)27-17-29(36-21(2)41)34(43)30(18-27)37-22(3)42/h4-18,20,31,40,43H,19H2,1-3H3,(H,36,41)(H,37,42). The molecule has 1 aliphatic rings. The molecule has 4 aromatic carbocycles. The summed E-state index contributed by atoms with van der Waals surface area (Å²) in [4.78, 5) is 29.1. The topological polar surface area (TPSA) is 163 Å². The number of phenolic OH excluding ortho intramolecular Hbond substituents is 1. The Bertz CT molecular complexity index is 2050. The van der Waals surface area contributed by atoms with Crippen molar-refractivity contribution >= 4 is 33.2 Å². The number of aromatic nitrogens is 2. The lowest BCUT2D eigenvalue weighted by Crippen LogP contribution is -2.16. The molecule has 0 spiro atoms. The lowest BCUT2D eigenvalue weighted by Gasteiger charge is -2.17. The van der Waals surface area contributed by atoms with Gasteiger partial charge in [0.15, 0.2) is 11.6 Å². The number of benzene rings is 4. The number of hydrogen-bond donors (Lipinski definition) is 4. The highest BCUT2D eigenvalue weighted by molar-refractivity contribution is 7.90. The van der Waals surface area contributed by atoms with Gasteiger partial charge in [-0.1, -0.05) is 66.7 Å². The SMILES string of the molecule is CC(=O)Nc1cc(-c2nc(-c3ccc(C(C)O)cc3)c(-c3ccc(C4CO4)cc3)n2S(=O)(=O)c2ccccc2)cc(NC(C)=O)c1O. The molecule has 0 bridgehead atoms. The number of carbonyl (C=O) groups excluding carboxylic acids is 2. The fraction of sp³-hybridized carbons (Fsp3) is 0.171. The summed E-state index contributed by atoms with van der Waals surface area (Å²) in [7, 11) is -4.35. The normalized spacial score (nSPS) is 14.8. The minimum Gasteiger partial charge on any atom is -0.504 e. The minimum atomic E-state index is -4.35. The Hall–Kier alpha value is -5.30.